The van der Waals surface area contributed by atoms with Crippen molar-refractivity contribution in [1.29, 1.82) is 0 Å². The summed E-state index contributed by atoms with van der Waals surface area (Å²) in [6.45, 7) is -0.838. The molecule has 0 heterocycles. The highest BCUT2D eigenvalue weighted by molar-refractivity contribution is 7.89. The lowest BCUT2D eigenvalue weighted by Crippen LogP contribution is -2.33. The van der Waals surface area contributed by atoms with Crippen molar-refractivity contribution in [2.75, 3.05) is 13.2 Å². The van der Waals surface area contributed by atoms with Gasteiger partial charge in [0.15, 0.2) is 0 Å². The monoisotopic (exact) mass is 289 g/mol. The molecule has 0 saturated carbocycles. The third-order valence-corrected chi connectivity index (χ3v) is 3.75. The van der Waals surface area contributed by atoms with Gasteiger partial charge in [-0.15, -0.1) is 0 Å². The average molecular weight is 289 g/mol. The van der Waals surface area contributed by atoms with Crippen LogP contribution < -0.4 is 4.72 Å². The first kappa shape index (κ1) is 15.6. The van der Waals surface area contributed by atoms with Gasteiger partial charge in [0.2, 0.25) is 10.0 Å². The van der Waals surface area contributed by atoms with Gasteiger partial charge in [0.25, 0.3) is 0 Å². The lowest BCUT2D eigenvalue weighted by molar-refractivity contribution is -0.136. The molecule has 1 rings (SSSR count). The molecule has 0 radical (unpaired) electrons. The fourth-order valence-corrected chi connectivity index (χ4v) is 2.39. The van der Waals surface area contributed by atoms with E-state index >= 15 is 0 Å². The molecule has 1 aromatic rings. The number of hydrogen-bond donors (Lipinski definition) is 4. The van der Waals surface area contributed by atoms with Crippen LogP contribution in [0.1, 0.15) is 5.56 Å². The number of aliphatic carboxylic acids is 1. The molecular formula is C11H15NO6S. The number of sulfonamides is 1. The van der Waals surface area contributed by atoms with Crippen LogP contribution in [0.3, 0.4) is 0 Å². The lowest BCUT2D eigenvalue weighted by atomic mass is 10.2. The zero-order valence-electron chi connectivity index (χ0n) is 9.98. The Morgan fingerprint density at radius 2 is 1.84 bits per heavy atom. The Morgan fingerprint density at radius 1 is 1.26 bits per heavy atom. The fraction of sp³-hybridized carbons (Fsp3) is 0.364. The van der Waals surface area contributed by atoms with Gasteiger partial charge in [0.1, 0.15) is 0 Å². The summed E-state index contributed by atoms with van der Waals surface area (Å²) in [5.41, 5.74) is 0.488. The van der Waals surface area contributed by atoms with Crippen molar-refractivity contribution in [2.24, 2.45) is 0 Å². The Labute approximate surface area is 110 Å². The molecule has 7 nitrogen and oxygen atoms in total. The highest BCUT2D eigenvalue weighted by Crippen LogP contribution is 2.11. The first-order chi connectivity index (χ1) is 8.85. The van der Waals surface area contributed by atoms with Crippen LogP contribution in [0.2, 0.25) is 0 Å². The Balaban J connectivity index is 2.76. The van der Waals surface area contributed by atoms with Crippen molar-refractivity contribution in [3.63, 3.8) is 0 Å². The van der Waals surface area contributed by atoms with Crippen molar-refractivity contribution in [3.05, 3.63) is 29.8 Å². The van der Waals surface area contributed by atoms with E-state index in [2.05, 4.69) is 4.72 Å². The lowest BCUT2D eigenvalue weighted by Gasteiger charge is -2.10. The first-order valence-corrected chi connectivity index (χ1v) is 6.93. The maximum Gasteiger partial charge on any atom is 0.307 e. The van der Waals surface area contributed by atoms with E-state index in [1.807, 2.05) is 0 Å². The number of rotatable bonds is 7. The van der Waals surface area contributed by atoms with Gasteiger partial charge in [0, 0.05) is 6.54 Å². The van der Waals surface area contributed by atoms with E-state index in [1.165, 1.54) is 24.3 Å². The normalized spacial score (nSPS) is 13.2. The molecule has 0 aliphatic heterocycles. The van der Waals surface area contributed by atoms with Crippen LogP contribution in [-0.4, -0.2) is 49.0 Å². The van der Waals surface area contributed by atoms with Crippen molar-refractivity contribution in [3.8, 4) is 0 Å². The molecule has 4 N–H and O–H groups in total. The summed E-state index contributed by atoms with van der Waals surface area (Å²) in [6.07, 6.45) is -1.35. The standard InChI is InChI=1S/C11H15NO6S/c13-7-9(14)6-12-19(17,18)10-3-1-8(2-4-10)5-11(15)16/h1-4,9,12-14H,5-7H2,(H,15,16). The van der Waals surface area contributed by atoms with Gasteiger partial charge < -0.3 is 15.3 Å². The third kappa shape index (κ3) is 4.95. The van der Waals surface area contributed by atoms with E-state index in [0.29, 0.717) is 5.56 Å². The Morgan fingerprint density at radius 3 is 2.32 bits per heavy atom. The summed E-state index contributed by atoms with van der Waals surface area (Å²) in [5, 5.41) is 26.2. The van der Waals surface area contributed by atoms with Crippen molar-refractivity contribution >= 4 is 16.0 Å². The number of benzene rings is 1. The maximum absolute atomic E-state index is 11.8. The summed E-state index contributed by atoms with van der Waals surface area (Å²) in [7, 11) is -3.78. The zero-order chi connectivity index (χ0) is 14.5. The Bertz CT molecular complexity index is 525. The van der Waals surface area contributed by atoms with Gasteiger partial charge in [-0.05, 0) is 17.7 Å². The highest BCUT2D eigenvalue weighted by Gasteiger charge is 2.15. The van der Waals surface area contributed by atoms with Crippen LogP contribution in [0.25, 0.3) is 0 Å². The average Bonchev–Trinajstić information content (AvgIpc) is 2.36. The zero-order valence-corrected chi connectivity index (χ0v) is 10.8. The predicted octanol–water partition coefficient (Wildman–Crippen LogP) is -1.05. The SMILES string of the molecule is O=C(O)Cc1ccc(S(=O)(=O)NCC(O)CO)cc1. The molecule has 0 amide bonds. The summed E-state index contributed by atoms with van der Waals surface area (Å²) < 4.78 is 25.7. The summed E-state index contributed by atoms with van der Waals surface area (Å²) in [4.78, 5) is 10.4. The van der Waals surface area contributed by atoms with E-state index in [-0.39, 0.29) is 17.9 Å². The molecule has 19 heavy (non-hydrogen) atoms. The van der Waals surface area contributed by atoms with Gasteiger partial charge >= 0.3 is 5.97 Å². The number of hydrogen-bond acceptors (Lipinski definition) is 5. The molecule has 8 heteroatoms. The van der Waals surface area contributed by atoms with E-state index in [9.17, 15) is 13.2 Å². The molecule has 0 fully saturated rings. The van der Waals surface area contributed by atoms with E-state index < -0.39 is 28.7 Å². The fourth-order valence-electron chi connectivity index (χ4n) is 1.31. The molecule has 1 aromatic carbocycles. The molecule has 1 unspecified atom stereocenters. The second kappa shape index (κ2) is 6.62. The molecule has 0 aromatic heterocycles. The highest BCUT2D eigenvalue weighted by atomic mass is 32.2. The minimum absolute atomic E-state index is 0.0354. The maximum atomic E-state index is 11.8. The Hall–Kier alpha value is -1.48. The van der Waals surface area contributed by atoms with Gasteiger partial charge in [-0.25, -0.2) is 13.1 Å². The smallest absolute Gasteiger partial charge is 0.307 e. The van der Waals surface area contributed by atoms with Crippen molar-refractivity contribution < 1.29 is 28.5 Å². The minimum atomic E-state index is -3.78. The van der Waals surface area contributed by atoms with Gasteiger partial charge in [-0.1, -0.05) is 12.1 Å². The van der Waals surface area contributed by atoms with Crippen LogP contribution in [0.4, 0.5) is 0 Å². The molecule has 0 aliphatic carbocycles. The van der Waals surface area contributed by atoms with Gasteiger partial charge in [0.05, 0.1) is 24.0 Å². The van der Waals surface area contributed by atoms with Gasteiger partial charge in [-0.3, -0.25) is 4.79 Å². The number of aliphatic hydroxyl groups excluding tert-OH is 2. The molecule has 1 atom stereocenters. The minimum Gasteiger partial charge on any atom is -0.481 e. The molecule has 0 spiro atoms. The predicted molar refractivity (Wildman–Crippen MR) is 66.1 cm³/mol. The summed E-state index contributed by atoms with van der Waals surface area (Å²) >= 11 is 0. The number of aliphatic hydroxyl groups is 2. The summed E-state index contributed by atoms with van der Waals surface area (Å²) in [6, 6.07) is 5.38. The van der Waals surface area contributed by atoms with Gasteiger partial charge in [-0.2, -0.15) is 0 Å². The number of carbonyl (C=O) groups is 1. The van der Waals surface area contributed by atoms with E-state index in [4.69, 9.17) is 15.3 Å². The largest absolute Gasteiger partial charge is 0.481 e. The van der Waals surface area contributed by atoms with Crippen molar-refractivity contribution in [2.45, 2.75) is 17.4 Å². The second-order valence-corrected chi connectivity index (χ2v) is 5.67. The van der Waals surface area contributed by atoms with Crippen LogP contribution >= 0.6 is 0 Å². The molecule has 0 aliphatic rings. The second-order valence-electron chi connectivity index (χ2n) is 3.90. The van der Waals surface area contributed by atoms with Crippen LogP contribution in [-0.2, 0) is 21.2 Å². The molecule has 106 valence electrons. The number of carboxylic acids is 1. The van der Waals surface area contributed by atoms with E-state index in [0.717, 1.165) is 0 Å². The van der Waals surface area contributed by atoms with Crippen molar-refractivity contribution in [1.82, 2.24) is 4.72 Å². The first-order valence-electron chi connectivity index (χ1n) is 5.44. The molecule has 0 saturated heterocycles. The topological polar surface area (TPSA) is 124 Å². The number of nitrogens with one attached hydrogen (secondary N) is 1. The quantitative estimate of drug-likeness (QED) is 0.507. The molecular weight excluding hydrogens is 274 g/mol. The summed E-state index contributed by atoms with van der Waals surface area (Å²) in [5.74, 6) is -1.00. The molecule has 0 bridgehead atoms. The number of carboxylic acid groups (broad SMARTS) is 1. The Kier molecular flexibility index (Phi) is 5.43. The van der Waals surface area contributed by atoms with E-state index in [1.54, 1.807) is 0 Å². The van der Waals surface area contributed by atoms with Crippen LogP contribution in [0.5, 0.6) is 0 Å². The van der Waals surface area contributed by atoms with Crippen LogP contribution in [0, 0.1) is 0 Å². The van der Waals surface area contributed by atoms with Crippen LogP contribution in [0.15, 0.2) is 29.2 Å². The third-order valence-electron chi connectivity index (χ3n) is 2.31.